The summed E-state index contributed by atoms with van der Waals surface area (Å²) in [7, 11) is 0. The molecule has 71 valence electrons. The number of hydrogen-bond donors (Lipinski definition) is 0. The van der Waals surface area contributed by atoms with Gasteiger partial charge in [0.05, 0.1) is 0 Å². The SMILES string of the molecule is C=CC(C)C([O])C(C)C(I)CI. The van der Waals surface area contributed by atoms with E-state index in [0.717, 1.165) is 4.43 Å². The number of halogens is 2. The average molecular weight is 393 g/mol. The molecular weight excluding hydrogens is 378 g/mol. The normalized spacial score (nSPS) is 21.1. The van der Waals surface area contributed by atoms with Crippen molar-refractivity contribution in [2.75, 3.05) is 4.43 Å². The maximum absolute atomic E-state index is 11.7. The van der Waals surface area contributed by atoms with Crippen molar-refractivity contribution in [1.29, 1.82) is 0 Å². The Kier molecular flexibility index (Phi) is 7.23. The summed E-state index contributed by atoms with van der Waals surface area (Å²) in [6, 6.07) is 0. The molecule has 12 heavy (non-hydrogen) atoms. The van der Waals surface area contributed by atoms with Crippen LogP contribution in [0.2, 0.25) is 0 Å². The molecule has 0 rings (SSSR count). The molecule has 4 unspecified atom stereocenters. The molecule has 0 aromatic carbocycles. The van der Waals surface area contributed by atoms with Crippen LogP contribution in [-0.2, 0) is 5.11 Å². The highest BCUT2D eigenvalue weighted by molar-refractivity contribution is 14.1. The first-order valence-corrected chi connectivity index (χ1v) is 6.80. The zero-order chi connectivity index (χ0) is 9.72. The third-order valence-electron chi connectivity index (χ3n) is 2.13. The lowest BCUT2D eigenvalue weighted by molar-refractivity contribution is 0.0182. The predicted molar refractivity (Wildman–Crippen MR) is 69.7 cm³/mol. The van der Waals surface area contributed by atoms with Crippen molar-refractivity contribution in [3.05, 3.63) is 12.7 Å². The van der Waals surface area contributed by atoms with Crippen LogP contribution in [0.1, 0.15) is 13.8 Å². The second-order valence-electron chi connectivity index (χ2n) is 3.09. The van der Waals surface area contributed by atoms with E-state index in [0.29, 0.717) is 3.92 Å². The van der Waals surface area contributed by atoms with Crippen LogP contribution < -0.4 is 0 Å². The molecule has 0 spiro atoms. The number of alkyl halides is 2. The van der Waals surface area contributed by atoms with Crippen LogP contribution in [0.3, 0.4) is 0 Å². The molecule has 0 aliphatic carbocycles. The molecule has 0 aliphatic rings. The van der Waals surface area contributed by atoms with Gasteiger partial charge in [0.2, 0.25) is 0 Å². The molecule has 1 nitrogen and oxygen atoms in total. The Labute approximate surface area is 102 Å². The third-order valence-corrected chi connectivity index (χ3v) is 6.34. The smallest absolute Gasteiger partial charge is 0.102 e. The molecule has 0 aliphatic heterocycles. The van der Waals surface area contributed by atoms with E-state index < -0.39 is 6.10 Å². The lowest BCUT2D eigenvalue weighted by Gasteiger charge is -2.23. The third kappa shape index (κ3) is 3.91. The lowest BCUT2D eigenvalue weighted by atomic mass is 9.92. The highest BCUT2D eigenvalue weighted by atomic mass is 127. The minimum atomic E-state index is -0.501. The van der Waals surface area contributed by atoms with Crippen molar-refractivity contribution >= 4 is 45.2 Å². The number of rotatable bonds is 5. The minimum Gasteiger partial charge on any atom is -0.232 e. The summed E-state index contributed by atoms with van der Waals surface area (Å²) in [6.07, 6.45) is 1.25. The van der Waals surface area contributed by atoms with Gasteiger partial charge in [0.25, 0.3) is 0 Å². The molecular formula is C9H15I2O. The van der Waals surface area contributed by atoms with E-state index in [-0.39, 0.29) is 11.8 Å². The summed E-state index contributed by atoms with van der Waals surface area (Å²) in [4.78, 5) is 0. The van der Waals surface area contributed by atoms with Crippen LogP contribution >= 0.6 is 45.2 Å². The van der Waals surface area contributed by atoms with Gasteiger partial charge in [-0.05, 0) is 5.92 Å². The van der Waals surface area contributed by atoms with Gasteiger partial charge in [-0.3, -0.25) is 0 Å². The maximum Gasteiger partial charge on any atom is 0.102 e. The fraction of sp³-hybridized carbons (Fsp3) is 0.778. The van der Waals surface area contributed by atoms with E-state index >= 15 is 0 Å². The van der Waals surface area contributed by atoms with Gasteiger partial charge in [-0.15, -0.1) is 6.58 Å². The molecule has 0 bridgehead atoms. The molecule has 0 aromatic heterocycles. The van der Waals surface area contributed by atoms with Crippen LogP contribution in [0.4, 0.5) is 0 Å². The Morgan fingerprint density at radius 3 is 2.33 bits per heavy atom. The van der Waals surface area contributed by atoms with Crippen molar-refractivity contribution in [2.24, 2.45) is 11.8 Å². The van der Waals surface area contributed by atoms with E-state index in [4.69, 9.17) is 0 Å². The molecule has 0 fully saturated rings. The molecule has 0 aromatic rings. The van der Waals surface area contributed by atoms with Gasteiger partial charge < -0.3 is 0 Å². The Balaban J connectivity index is 4.07. The molecule has 0 saturated heterocycles. The second kappa shape index (κ2) is 6.59. The van der Waals surface area contributed by atoms with E-state index in [9.17, 15) is 5.11 Å². The zero-order valence-corrected chi connectivity index (χ0v) is 11.8. The highest BCUT2D eigenvalue weighted by Gasteiger charge is 2.25. The van der Waals surface area contributed by atoms with E-state index in [2.05, 4.69) is 51.8 Å². The van der Waals surface area contributed by atoms with Crippen LogP contribution in [0, 0.1) is 11.8 Å². The fourth-order valence-electron chi connectivity index (χ4n) is 0.959. The predicted octanol–water partition coefficient (Wildman–Crippen LogP) is 3.48. The first kappa shape index (κ1) is 13.2. The van der Waals surface area contributed by atoms with Crippen molar-refractivity contribution in [2.45, 2.75) is 23.9 Å². The Morgan fingerprint density at radius 2 is 2.00 bits per heavy atom. The van der Waals surface area contributed by atoms with Gasteiger partial charge in [-0.1, -0.05) is 65.1 Å². The van der Waals surface area contributed by atoms with Gasteiger partial charge in [0.1, 0.15) is 6.10 Å². The second-order valence-corrected chi connectivity index (χ2v) is 5.57. The fourth-order valence-corrected chi connectivity index (χ4v) is 2.17. The molecule has 1 radical (unpaired) electrons. The van der Waals surface area contributed by atoms with Gasteiger partial charge in [0.15, 0.2) is 0 Å². The minimum absolute atomic E-state index is 0.0835. The summed E-state index contributed by atoms with van der Waals surface area (Å²) < 4.78 is 1.52. The monoisotopic (exact) mass is 393 g/mol. The molecule has 0 saturated carbocycles. The van der Waals surface area contributed by atoms with Crippen LogP contribution in [0.15, 0.2) is 12.7 Å². The first-order chi connectivity index (χ1) is 5.54. The molecule has 4 atom stereocenters. The van der Waals surface area contributed by atoms with E-state index in [1.54, 1.807) is 6.08 Å². The van der Waals surface area contributed by atoms with Gasteiger partial charge in [-0.25, -0.2) is 5.11 Å². The standard InChI is InChI=1S/C9H15I2O/c1-4-6(2)9(12)7(3)8(11)5-10/h4,6-9H,1,5H2,2-3H3. The lowest BCUT2D eigenvalue weighted by Crippen LogP contribution is -2.30. The van der Waals surface area contributed by atoms with Crippen LogP contribution in [0.5, 0.6) is 0 Å². The van der Waals surface area contributed by atoms with Crippen molar-refractivity contribution in [3.8, 4) is 0 Å². The van der Waals surface area contributed by atoms with Gasteiger partial charge >= 0.3 is 0 Å². The summed E-state index contributed by atoms with van der Waals surface area (Å²) in [6.45, 7) is 7.62. The van der Waals surface area contributed by atoms with Crippen LogP contribution in [0.25, 0.3) is 0 Å². The van der Waals surface area contributed by atoms with Gasteiger partial charge in [-0.2, -0.15) is 0 Å². The van der Waals surface area contributed by atoms with Crippen molar-refractivity contribution in [1.82, 2.24) is 0 Å². The Bertz CT molecular complexity index is 138. The topological polar surface area (TPSA) is 19.9 Å². The quantitative estimate of drug-likeness (QED) is 0.388. The Morgan fingerprint density at radius 1 is 1.50 bits per heavy atom. The zero-order valence-electron chi connectivity index (χ0n) is 7.47. The van der Waals surface area contributed by atoms with Crippen molar-refractivity contribution in [3.63, 3.8) is 0 Å². The average Bonchev–Trinajstić information content (AvgIpc) is 2.12. The highest BCUT2D eigenvalue weighted by Crippen LogP contribution is 2.24. The molecule has 3 heteroatoms. The summed E-state index contributed by atoms with van der Waals surface area (Å²) in [5.74, 6) is 0.315. The largest absolute Gasteiger partial charge is 0.232 e. The molecule has 0 N–H and O–H groups in total. The van der Waals surface area contributed by atoms with Crippen molar-refractivity contribution < 1.29 is 5.11 Å². The van der Waals surface area contributed by atoms with Crippen LogP contribution in [-0.4, -0.2) is 14.5 Å². The van der Waals surface area contributed by atoms with E-state index in [1.165, 1.54) is 0 Å². The Hall–Kier alpha value is 1.16. The molecule has 0 heterocycles. The molecule has 0 amide bonds. The van der Waals surface area contributed by atoms with Gasteiger partial charge in [0, 0.05) is 14.3 Å². The maximum atomic E-state index is 11.7. The summed E-state index contributed by atoms with van der Waals surface area (Å²) in [5.41, 5.74) is 0. The van der Waals surface area contributed by atoms with E-state index in [1.807, 2.05) is 13.8 Å². The number of hydrogen-bond acceptors (Lipinski definition) is 0. The summed E-state index contributed by atoms with van der Waals surface area (Å²) >= 11 is 4.68. The summed E-state index contributed by atoms with van der Waals surface area (Å²) in [5, 5.41) is 11.7. The first-order valence-electron chi connectivity index (χ1n) is 4.03.